The Labute approximate surface area is 83.7 Å². The normalized spacial score (nSPS) is 12.6. The summed E-state index contributed by atoms with van der Waals surface area (Å²) in [5.74, 6) is 0.631. The number of hydrogen-bond acceptors (Lipinski definition) is 4. The molecule has 1 heterocycles. The Morgan fingerprint density at radius 3 is 2.86 bits per heavy atom. The van der Waals surface area contributed by atoms with Crippen molar-refractivity contribution >= 4 is 0 Å². The van der Waals surface area contributed by atoms with E-state index >= 15 is 0 Å². The molecule has 0 saturated carbocycles. The highest BCUT2D eigenvalue weighted by Crippen LogP contribution is 2.15. The van der Waals surface area contributed by atoms with E-state index in [1.165, 1.54) is 0 Å². The van der Waals surface area contributed by atoms with E-state index < -0.39 is 0 Å². The van der Waals surface area contributed by atoms with Gasteiger partial charge in [0.25, 0.3) is 0 Å². The highest BCUT2D eigenvalue weighted by atomic mass is 16.5. The summed E-state index contributed by atoms with van der Waals surface area (Å²) in [7, 11) is 1.59. The molecule has 78 valence electrons. The van der Waals surface area contributed by atoms with E-state index in [-0.39, 0.29) is 12.6 Å². The Balaban J connectivity index is 2.76. The van der Waals surface area contributed by atoms with Crippen molar-refractivity contribution in [3.05, 3.63) is 23.4 Å². The second kappa shape index (κ2) is 4.93. The molecule has 0 bridgehead atoms. The summed E-state index contributed by atoms with van der Waals surface area (Å²) in [6.07, 6.45) is 2.36. The molecule has 0 aliphatic carbocycles. The van der Waals surface area contributed by atoms with Crippen molar-refractivity contribution in [2.75, 3.05) is 13.7 Å². The first-order chi connectivity index (χ1) is 6.67. The van der Waals surface area contributed by atoms with Crippen LogP contribution in [-0.4, -0.2) is 29.8 Å². The number of nitrogens with zero attached hydrogens (tertiary/aromatic N) is 1. The molecular formula is C10H16N2O2. The van der Waals surface area contributed by atoms with E-state index in [2.05, 4.69) is 4.98 Å². The van der Waals surface area contributed by atoms with E-state index in [1.807, 2.05) is 13.0 Å². The number of ether oxygens (including phenoxy) is 1. The molecular weight excluding hydrogens is 180 g/mol. The number of aliphatic hydroxyl groups is 1. The number of methoxy groups -OCH3 is 1. The Morgan fingerprint density at radius 1 is 1.64 bits per heavy atom. The third-order valence-electron chi connectivity index (χ3n) is 2.01. The lowest BCUT2D eigenvalue weighted by Crippen LogP contribution is -2.26. The average Bonchev–Trinajstić information content (AvgIpc) is 2.18. The van der Waals surface area contributed by atoms with Crippen LogP contribution in [-0.2, 0) is 6.42 Å². The highest BCUT2D eigenvalue weighted by molar-refractivity contribution is 5.28. The molecule has 0 aliphatic heterocycles. The fraction of sp³-hybridized carbons (Fsp3) is 0.500. The largest absolute Gasteiger partial charge is 0.481 e. The van der Waals surface area contributed by atoms with Gasteiger partial charge < -0.3 is 15.6 Å². The van der Waals surface area contributed by atoms with Crippen LogP contribution in [0.4, 0.5) is 0 Å². The van der Waals surface area contributed by atoms with Crippen molar-refractivity contribution in [3.63, 3.8) is 0 Å². The number of pyridine rings is 1. The fourth-order valence-electron chi connectivity index (χ4n) is 1.31. The van der Waals surface area contributed by atoms with E-state index in [0.717, 1.165) is 11.1 Å². The zero-order chi connectivity index (χ0) is 10.6. The molecule has 4 heteroatoms. The van der Waals surface area contributed by atoms with Crippen LogP contribution in [0.3, 0.4) is 0 Å². The Bertz CT molecular complexity index is 302. The van der Waals surface area contributed by atoms with Crippen LogP contribution in [0, 0.1) is 6.92 Å². The average molecular weight is 196 g/mol. The van der Waals surface area contributed by atoms with Gasteiger partial charge in [0.15, 0.2) is 0 Å². The third kappa shape index (κ3) is 2.68. The van der Waals surface area contributed by atoms with E-state index in [1.54, 1.807) is 13.3 Å². The van der Waals surface area contributed by atoms with E-state index in [4.69, 9.17) is 15.6 Å². The minimum atomic E-state index is -0.218. The van der Waals surface area contributed by atoms with Gasteiger partial charge in [-0.1, -0.05) is 0 Å². The van der Waals surface area contributed by atoms with Crippen molar-refractivity contribution in [1.29, 1.82) is 0 Å². The summed E-state index contributed by atoms with van der Waals surface area (Å²) in [6.45, 7) is 1.92. The maximum Gasteiger partial charge on any atom is 0.215 e. The van der Waals surface area contributed by atoms with Gasteiger partial charge >= 0.3 is 0 Å². The molecule has 1 aromatic rings. The lowest BCUT2D eigenvalue weighted by molar-refractivity contribution is 0.265. The summed E-state index contributed by atoms with van der Waals surface area (Å²) in [5.41, 5.74) is 7.62. The van der Waals surface area contributed by atoms with Gasteiger partial charge in [0, 0.05) is 17.8 Å². The van der Waals surface area contributed by atoms with Crippen molar-refractivity contribution in [1.82, 2.24) is 4.98 Å². The molecule has 1 aromatic heterocycles. The Kier molecular flexibility index (Phi) is 3.85. The Morgan fingerprint density at radius 2 is 2.36 bits per heavy atom. The lowest BCUT2D eigenvalue weighted by atomic mass is 10.1. The van der Waals surface area contributed by atoms with Crippen LogP contribution >= 0.6 is 0 Å². The van der Waals surface area contributed by atoms with Crippen LogP contribution in [0.2, 0.25) is 0 Å². The van der Waals surface area contributed by atoms with Gasteiger partial charge in [0.05, 0.1) is 13.7 Å². The molecule has 4 nitrogen and oxygen atoms in total. The molecule has 1 rings (SSSR count). The molecule has 0 aromatic carbocycles. The van der Waals surface area contributed by atoms with Gasteiger partial charge in [-0.2, -0.15) is 0 Å². The summed E-state index contributed by atoms with van der Waals surface area (Å²) in [4.78, 5) is 4.12. The van der Waals surface area contributed by atoms with Gasteiger partial charge in [-0.15, -0.1) is 0 Å². The maximum absolute atomic E-state index is 8.80. The van der Waals surface area contributed by atoms with Crippen molar-refractivity contribution < 1.29 is 9.84 Å². The molecule has 0 amide bonds. The molecule has 1 unspecified atom stereocenters. The van der Waals surface area contributed by atoms with Crippen LogP contribution in [0.1, 0.15) is 11.1 Å². The van der Waals surface area contributed by atoms with Gasteiger partial charge in [0.2, 0.25) is 5.88 Å². The standard InChI is InChI=1S/C10H16N2O2/c1-7-3-8(4-9(11)6-13)5-12-10(7)14-2/h3,5,9,13H,4,6,11H2,1-2H3. The third-order valence-corrected chi connectivity index (χ3v) is 2.01. The summed E-state index contributed by atoms with van der Waals surface area (Å²) in [6, 6.07) is 1.76. The van der Waals surface area contributed by atoms with Gasteiger partial charge in [-0.05, 0) is 25.0 Å². The first-order valence-electron chi connectivity index (χ1n) is 4.53. The number of aliphatic hydroxyl groups excluding tert-OH is 1. The van der Waals surface area contributed by atoms with E-state index in [9.17, 15) is 0 Å². The summed E-state index contributed by atoms with van der Waals surface area (Å²) < 4.78 is 5.04. The second-order valence-corrected chi connectivity index (χ2v) is 3.32. The van der Waals surface area contributed by atoms with Gasteiger partial charge in [0.1, 0.15) is 0 Å². The predicted molar refractivity (Wildman–Crippen MR) is 54.3 cm³/mol. The first-order valence-corrected chi connectivity index (χ1v) is 4.53. The zero-order valence-electron chi connectivity index (χ0n) is 8.53. The molecule has 1 atom stereocenters. The van der Waals surface area contributed by atoms with Crippen molar-refractivity contribution in [2.24, 2.45) is 5.73 Å². The van der Waals surface area contributed by atoms with Crippen LogP contribution < -0.4 is 10.5 Å². The van der Waals surface area contributed by atoms with Crippen LogP contribution in [0.25, 0.3) is 0 Å². The number of aromatic nitrogens is 1. The molecule has 14 heavy (non-hydrogen) atoms. The monoisotopic (exact) mass is 196 g/mol. The molecule has 0 saturated heterocycles. The highest BCUT2D eigenvalue weighted by Gasteiger charge is 2.05. The zero-order valence-corrected chi connectivity index (χ0v) is 8.53. The fourth-order valence-corrected chi connectivity index (χ4v) is 1.31. The predicted octanol–water partition coefficient (Wildman–Crippen LogP) is 0.261. The van der Waals surface area contributed by atoms with Crippen molar-refractivity contribution in [2.45, 2.75) is 19.4 Å². The first kappa shape index (κ1) is 10.9. The number of nitrogens with two attached hydrogens (primary N) is 1. The quantitative estimate of drug-likeness (QED) is 0.725. The SMILES string of the molecule is COc1ncc(CC(N)CO)cc1C. The molecule has 0 radical (unpaired) electrons. The second-order valence-electron chi connectivity index (χ2n) is 3.32. The van der Waals surface area contributed by atoms with Gasteiger partial charge in [-0.25, -0.2) is 4.98 Å². The number of hydrogen-bond donors (Lipinski definition) is 2. The molecule has 3 N–H and O–H groups in total. The Hall–Kier alpha value is -1.13. The van der Waals surface area contributed by atoms with Crippen LogP contribution in [0.5, 0.6) is 5.88 Å². The smallest absolute Gasteiger partial charge is 0.215 e. The summed E-state index contributed by atoms with van der Waals surface area (Å²) >= 11 is 0. The minimum absolute atomic E-state index is 0.00885. The van der Waals surface area contributed by atoms with Crippen molar-refractivity contribution in [3.8, 4) is 5.88 Å². The lowest BCUT2D eigenvalue weighted by Gasteiger charge is -2.09. The molecule has 0 aliphatic rings. The molecule has 0 spiro atoms. The maximum atomic E-state index is 8.80. The molecule has 0 fully saturated rings. The van der Waals surface area contributed by atoms with E-state index in [0.29, 0.717) is 12.3 Å². The number of rotatable bonds is 4. The minimum Gasteiger partial charge on any atom is -0.481 e. The summed E-state index contributed by atoms with van der Waals surface area (Å²) in [5, 5.41) is 8.80. The van der Waals surface area contributed by atoms with Gasteiger partial charge in [-0.3, -0.25) is 0 Å². The van der Waals surface area contributed by atoms with Crippen LogP contribution in [0.15, 0.2) is 12.3 Å². The number of aryl methyl sites for hydroxylation is 1. The topological polar surface area (TPSA) is 68.4 Å².